The van der Waals surface area contributed by atoms with Gasteiger partial charge in [-0.2, -0.15) is 18.3 Å². The predicted octanol–water partition coefficient (Wildman–Crippen LogP) is 2.31. The molecule has 13 heteroatoms. The number of ether oxygens (including phenoxy) is 2. The van der Waals surface area contributed by atoms with Crippen LogP contribution in [0.15, 0.2) is 47.6 Å². The van der Waals surface area contributed by atoms with Crippen LogP contribution in [0.25, 0.3) is 0 Å². The van der Waals surface area contributed by atoms with Gasteiger partial charge < -0.3 is 30.1 Å². The molecule has 3 aliphatic heterocycles. The molecule has 0 saturated carbocycles. The average Bonchev–Trinajstić information content (AvgIpc) is 2.82. The number of halogens is 3. The van der Waals surface area contributed by atoms with E-state index in [1.54, 1.807) is 0 Å². The number of benzene rings is 2. The normalized spacial score (nSPS) is 18.7. The van der Waals surface area contributed by atoms with Crippen molar-refractivity contribution in [3.63, 3.8) is 0 Å². The van der Waals surface area contributed by atoms with Gasteiger partial charge in [0.25, 0.3) is 5.91 Å². The van der Waals surface area contributed by atoms with Crippen molar-refractivity contribution < 1.29 is 37.3 Å². The van der Waals surface area contributed by atoms with Crippen molar-refractivity contribution in [2.45, 2.75) is 31.8 Å². The number of carbonyl (C=O) groups excluding carboxylic acids is 1. The maximum absolute atomic E-state index is 12.2. The van der Waals surface area contributed by atoms with Gasteiger partial charge in [0, 0.05) is 19.2 Å². The predicted molar refractivity (Wildman–Crippen MR) is 124 cm³/mol. The van der Waals surface area contributed by atoms with E-state index in [1.165, 1.54) is 0 Å². The van der Waals surface area contributed by atoms with E-state index in [9.17, 15) is 18.0 Å². The standard InChI is InChI=1S/C21H23N5O3.C2HF3O2/c1-13-21(27)25-24-20-12-29-19-8-18(28-11-14-5-3-2-4-6-14)16(7-17(19)26(13)20)23-15-9-22-10-15;3-2(4,5)1(6)7/h2-8,13,15,22-23H,9-12H2,1H3,(H,25,27);(H,6,7). The number of amides is 1. The minimum atomic E-state index is -5.08. The van der Waals surface area contributed by atoms with Crippen molar-refractivity contribution in [1.82, 2.24) is 10.7 Å². The summed E-state index contributed by atoms with van der Waals surface area (Å²) < 4.78 is 43.8. The van der Waals surface area contributed by atoms with Gasteiger partial charge in [0.15, 0.2) is 5.84 Å². The van der Waals surface area contributed by atoms with Crippen LogP contribution < -0.4 is 30.4 Å². The van der Waals surface area contributed by atoms with Gasteiger partial charge in [0.2, 0.25) is 0 Å². The monoisotopic (exact) mass is 507 g/mol. The maximum Gasteiger partial charge on any atom is 0.490 e. The molecule has 0 bridgehead atoms. The number of carbonyl (C=O) groups is 2. The molecule has 4 N–H and O–H groups in total. The van der Waals surface area contributed by atoms with Crippen LogP contribution in [0.4, 0.5) is 24.5 Å². The van der Waals surface area contributed by atoms with E-state index in [1.807, 2.05) is 54.3 Å². The van der Waals surface area contributed by atoms with E-state index in [4.69, 9.17) is 19.4 Å². The first-order valence-corrected chi connectivity index (χ1v) is 11.0. The van der Waals surface area contributed by atoms with Crippen LogP contribution in [-0.4, -0.2) is 60.8 Å². The molecule has 1 saturated heterocycles. The number of amidine groups is 1. The second-order valence-corrected chi connectivity index (χ2v) is 8.23. The number of carboxylic acids is 1. The van der Waals surface area contributed by atoms with Crippen LogP contribution in [0.2, 0.25) is 0 Å². The number of alkyl halides is 3. The van der Waals surface area contributed by atoms with E-state index >= 15 is 0 Å². The number of nitrogens with zero attached hydrogens (tertiary/aromatic N) is 2. The summed E-state index contributed by atoms with van der Waals surface area (Å²) in [6.07, 6.45) is -5.08. The van der Waals surface area contributed by atoms with Crippen molar-refractivity contribution in [3.05, 3.63) is 48.0 Å². The van der Waals surface area contributed by atoms with Crippen LogP contribution >= 0.6 is 0 Å². The van der Waals surface area contributed by atoms with Gasteiger partial charge >= 0.3 is 12.1 Å². The van der Waals surface area contributed by atoms with E-state index in [2.05, 4.69) is 21.2 Å². The Balaban J connectivity index is 0.000000384. The highest BCUT2D eigenvalue weighted by Crippen LogP contribution is 2.42. The molecule has 192 valence electrons. The van der Waals surface area contributed by atoms with Crippen molar-refractivity contribution in [1.29, 1.82) is 0 Å². The topological polar surface area (TPSA) is 125 Å². The molecule has 36 heavy (non-hydrogen) atoms. The molecule has 3 aliphatic rings. The molecular weight excluding hydrogens is 483 g/mol. The summed E-state index contributed by atoms with van der Waals surface area (Å²) in [4.78, 5) is 23.0. The molecule has 1 amide bonds. The van der Waals surface area contributed by atoms with Gasteiger partial charge in [0.1, 0.15) is 30.8 Å². The molecule has 1 unspecified atom stereocenters. The van der Waals surface area contributed by atoms with E-state index in [-0.39, 0.29) is 11.9 Å². The zero-order chi connectivity index (χ0) is 25.9. The Labute approximate surface area is 204 Å². The van der Waals surface area contributed by atoms with E-state index < -0.39 is 12.1 Å². The van der Waals surface area contributed by atoms with Crippen LogP contribution in [-0.2, 0) is 16.2 Å². The number of carboxylic acid groups (broad SMARTS) is 1. The van der Waals surface area contributed by atoms with Gasteiger partial charge in [-0.15, -0.1) is 0 Å². The van der Waals surface area contributed by atoms with Crippen molar-refractivity contribution >= 4 is 29.1 Å². The first kappa shape index (κ1) is 25.1. The lowest BCUT2D eigenvalue weighted by molar-refractivity contribution is -0.192. The fraction of sp³-hybridized carbons (Fsp3) is 0.348. The molecule has 1 fully saturated rings. The van der Waals surface area contributed by atoms with Crippen LogP contribution in [0.3, 0.4) is 0 Å². The maximum atomic E-state index is 12.2. The summed E-state index contributed by atoms with van der Waals surface area (Å²) in [5.41, 5.74) is 5.35. The van der Waals surface area contributed by atoms with E-state index in [0.717, 1.165) is 35.8 Å². The van der Waals surface area contributed by atoms with Crippen LogP contribution in [0.1, 0.15) is 12.5 Å². The summed E-state index contributed by atoms with van der Waals surface area (Å²) in [7, 11) is 0. The lowest BCUT2D eigenvalue weighted by Crippen LogP contribution is -2.55. The van der Waals surface area contributed by atoms with Crippen molar-refractivity contribution in [2.24, 2.45) is 5.10 Å². The first-order chi connectivity index (χ1) is 17.1. The molecule has 2 aromatic rings. The summed E-state index contributed by atoms with van der Waals surface area (Å²) in [5.74, 6) is -0.783. The smallest absolute Gasteiger partial charge is 0.487 e. The molecular formula is C23H24F3N5O5. The Morgan fingerprint density at radius 2 is 1.97 bits per heavy atom. The fourth-order valence-corrected chi connectivity index (χ4v) is 3.63. The molecule has 3 heterocycles. The Morgan fingerprint density at radius 1 is 1.28 bits per heavy atom. The number of nitrogens with one attached hydrogen (secondary N) is 3. The molecule has 0 radical (unpaired) electrons. The number of hydrazone groups is 1. The Kier molecular flexibility index (Phi) is 7.20. The minimum Gasteiger partial charge on any atom is -0.487 e. The van der Waals surface area contributed by atoms with Crippen LogP contribution in [0.5, 0.6) is 11.5 Å². The average molecular weight is 507 g/mol. The summed E-state index contributed by atoms with van der Waals surface area (Å²) in [6, 6.07) is 13.9. The molecule has 0 aliphatic carbocycles. The second-order valence-electron chi connectivity index (χ2n) is 8.23. The van der Waals surface area contributed by atoms with Crippen molar-refractivity contribution in [2.75, 3.05) is 29.9 Å². The summed E-state index contributed by atoms with van der Waals surface area (Å²) in [5, 5.41) is 18.1. The Hall–Kier alpha value is -4.00. The molecule has 0 aromatic heterocycles. The highest BCUT2D eigenvalue weighted by molar-refractivity contribution is 6.09. The molecule has 0 spiro atoms. The fourth-order valence-electron chi connectivity index (χ4n) is 3.63. The third-order valence-corrected chi connectivity index (χ3v) is 5.64. The van der Waals surface area contributed by atoms with Gasteiger partial charge in [0.05, 0.1) is 17.4 Å². The van der Waals surface area contributed by atoms with Gasteiger partial charge in [-0.05, 0) is 18.6 Å². The highest BCUT2D eigenvalue weighted by Gasteiger charge is 2.38. The van der Waals surface area contributed by atoms with Crippen LogP contribution in [0, 0.1) is 0 Å². The van der Waals surface area contributed by atoms with Gasteiger partial charge in [-0.1, -0.05) is 30.3 Å². The summed E-state index contributed by atoms with van der Waals surface area (Å²) in [6.45, 7) is 4.44. The number of fused-ring (bicyclic) bond motifs is 3. The number of hydrogen-bond acceptors (Lipinski definition) is 8. The lowest BCUT2D eigenvalue weighted by Gasteiger charge is -2.39. The summed E-state index contributed by atoms with van der Waals surface area (Å²) >= 11 is 0. The SMILES string of the molecule is CC1C(=O)NN=C2COc3cc(OCc4ccccc4)c(NC4CNC4)cc3N21.O=C(O)C(F)(F)F. The quantitative estimate of drug-likeness (QED) is 0.486. The minimum absolute atomic E-state index is 0.135. The molecule has 5 rings (SSSR count). The Morgan fingerprint density at radius 3 is 2.58 bits per heavy atom. The largest absolute Gasteiger partial charge is 0.490 e. The van der Waals surface area contributed by atoms with Gasteiger partial charge in [-0.25, -0.2) is 10.2 Å². The van der Waals surface area contributed by atoms with Gasteiger partial charge in [-0.3, -0.25) is 4.79 Å². The lowest BCUT2D eigenvalue weighted by atomic mass is 10.1. The Bertz CT molecular complexity index is 1150. The zero-order valence-electron chi connectivity index (χ0n) is 19.1. The third-order valence-electron chi connectivity index (χ3n) is 5.64. The first-order valence-electron chi connectivity index (χ1n) is 11.0. The van der Waals surface area contributed by atoms with E-state index in [0.29, 0.717) is 30.8 Å². The molecule has 2 aromatic carbocycles. The number of anilines is 2. The zero-order valence-corrected chi connectivity index (χ0v) is 19.1. The van der Waals surface area contributed by atoms with Crippen molar-refractivity contribution in [3.8, 4) is 11.5 Å². The molecule has 1 atom stereocenters. The highest BCUT2D eigenvalue weighted by atomic mass is 19.4. The molecule has 10 nitrogen and oxygen atoms in total. The third kappa shape index (κ3) is 5.62. The number of hydrogen-bond donors (Lipinski definition) is 4. The second kappa shape index (κ2) is 10.3. The number of aliphatic carboxylic acids is 1. The number of rotatable bonds is 5.